The molecule has 7 heteroatoms. The summed E-state index contributed by atoms with van der Waals surface area (Å²) in [5, 5.41) is 3.88. The molecule has 5 nitrogen and oxygen atoms in total. The summed E-state index contributed by atoms with van der Waals surface area (Å²) in [6.07, 6.45) is 3.76. The number of hydrogen-bond donors (Lipinski definition) is 1. The molecule has 1 saturated heterocycles. The highest BCUT2D eigenvalue weighted by Crippen LogP contribution is 2.34. The zero-order chi connectivity index (χ0) is 18.4. The predicted molar refractivity (Wildman–Crippen MR) is 96.6 cm³/mol. The lowest BCUT2D eigenvalue weighted by atomic mass is 9.88. The molecule has 2 rings (SSSR count). The maximum absolute atomic E-state index is 13.1. The first-order valence-corrected chi connectivity index (χ1v) is 10.3. The summed E-state index contributed by atoms with van der Waals surface area (Å²) in [5.41, 5.74) is 0.982. The van der Waals surface area contributed by atoms with Crippen LogP contribution in [0, 0.1) is 5.92 Å². The Kier molecular flexibility index (Phi) is 6.58. The Bertz CT molecular complexity index is 706. The van der Waals surface area contributed by atoms with Gasteiger partial charge in [0.25, 0.3) is 0 Å². The second-order valence-corrected chi connectivity index (χ2v) is 8.49. The normalized spacial score (nSPS) is 22.8. The number of halogens is 1. The molecular weight excluding hydrogens is 343 g/mol. The first-order valence-electron chi connectivity index (χ1n) is 8.36. The molecule has 1 aromatic carbocycles. The van der Waals surface area contributed by atoms with E-state index >= 15 is 0 Å². The van der Waals surface area contributed by atoms with Crippen molar-refractivity contribution in [2.45, 2.75) is 31.8 Å². The van der Waals surface area contributed by atoms with Gasteiger partial charge in [0, 0.05) is 24.3 Å². The third kappa shape index (κ3) is 5.85. The lowest BCUT2D eigenvalue weighted by Crippen LogP contribution is -2.48. The van der Waals surface area contributed by atoms with Gasteiger partial charge in [-0.3, -0.25) is 4.39 Å². The zero-order valence-electron chi connectivity index (χ0n) is 14.6. The van der Waals surface area contributed by atoms with Crippen molar-refractivity contribution < 1.29 is 17.6 Å². The number of hydrogen-bond acceptors (Lipinski definition) is 3. The minimum atomic E-state index is -3.23. The molecule has 1 N–H and O–H groups in total. The van der Waals surface area contributed by atoms with Crippen LogP contribution in [-0.2, 0) is 9.84 Å². The summed E-state index contributed by atoms with van der Waals surface area (Å²) in [4.78, 5) is 14.4. The van der Waals surface area contributed by atoms with Crippen LogP contribution in [0.1, 0.15) is 31.4 Å². The highest BCUT2D eigenvalue weighted by Gasteiger charge is 2.32. The highest BCUT2D eigenvalue weighted by atomic mass is 32.2. The molecular formula is C18H25FN2O3S. The number of carbonyl (C=O) groups excluding carboxylic acids is 1. The fourth-order valence-corrected chi connectivity index (χ4v) is 3.52. The molecule has 1 heterocycles. The Morgan fingerprint density at radius 1 is 1.40 bits per heavy atom. The molecule has 0 radical (unpaired) electrons. The minimum absolute atomic E-state index is 0.0446. The van der Waals surface area contributed by atoms with Crippen molar-refractivity contribution >= 4 is 15.9 Å². The van der Waals surface area contributed by atoms with E-state index < -0.39 is 15.9 Å². The van der Waals surface area contributed by atoms with Crippen LogP contribution < -0.4 is 5.32 Å². The van der Waals surface area contributed by atoms with Crippen LogP contribution in [0.5, 0.6) is 0 Å². The lowest BCUT2D eigenvalue weighted by molar-refractivity contribution is 0.116. The van der Waals surface area contributed by atoms with Crippen LogP contribution in [0.15, 0.2) is 41.8 Å². The van der Waals surface area contributed by atoms with E-state index in [0.717, 1.165) is 17.2 Å². The van der Waals surface area contributed by atoms with Crippen LogP contribution >= 0.6 is 0 Å². The maximum Gasteiger partial charge on any atom is 0.318 e. The van der Waals surface area contributed by atoms with Gasteiger partial charge in [-0.1, -0.05) is 36.4 Å². The molecule has 0 bridgehead atoms. The molecule has 2 amide bonds. The molecule has 0 aromatic heterocycles. The largest absolute Gasteiger partial charge is 0.332 e. The molecule has 0 spiro atoms. The zero-order valence-corrected chi connectivity index (χ0v) is 15.4. The van der Waals surface area contributed by atoms with Gasteiger partial charge in [0.2, 0.25) is 0 Å². The maximum atomic E-state index is 13.1. The van der Waals surface area contributed by atoms with Crippen LogP contribution in [-0.4, -0.2) is 44.9 Å². The monoisotopic (exact) mass is 368 g/mol. The number of rotatable bonds is 5. The Morgan fingerprint density at radius 2 is 2.08 bits per heavy atom. The summed E-state index contributed by atoms with van der Waals surface area (Å²) < 4.78 is 35.5. The molecule has 1 fully saturated rings. The fraction of sp³-hybridized carbons (Fsp3) is 0.500. The molecule has 1 aliphatic heterocycles. The predicted octanol–water partition coefficient (Wildman–Crippen LogP) is 3.07. The number of carbonyl (C=O) groups is 1. The van der Waals surface area contributed by atoms with Crippen LogP contribution in [0.4, 0.5) is 9.18 Å². The van der Waals surface area contributed by atoms with Gasteiger partial charge in [0.15, 0.2) is 9.84 Å². The number of nitrogens with zero attached hydrogens (tertiary/aromatic N) is 1. The van der Waals surface area contributed by atoms with Gasteiger partial charge >= 0.3 is 6.03 Å². The first kappa shape index (κ1) is 19.4. The second-order valence-electron chi connectivity index (χ2n) is 6.56. The van der Waals surface area contributed by atoms with Gasteiger partial charge in [-0.25, -0.2) is 13.2 Å². The van der Waals surface area contributed by atoms with E-state index in [-0.39, 0.29) is 24.7 Å². The van der Waals surface area contributed by atoms with E-state index in [1.807, 2.05) is 30.3 Å². The number of nitrogens with one attached hydrogen (secondary N) is 1. The van der Waals surface area contributed by atoms with Crippen molar-refractivity contribution in [1.82, 2.24) is 10.2 Å². The van der Waals surface area contributed by atoms with Gasteiger partial charge < -0.3 is 10.2 Å². The summed E-state index contributed by atoms with van der Waals surface area (Å²) in [7, 11) is -3.23. The third-order valence-electron chi connectivity index (χ3n) is 4.34. The molecule has 0 aliphatic carbocycles. The number of amides is 2. The molecule has 138 valence electrons. The molecule has 25 heavy (non-hydrogen) atoms. The van der Waals surface area contributed by atoms with Crippen LogP contribution in [0.3, 0.4) is 0 Å². The summed E-state index contributed by atoms with van der Waals surface area (Å²) in [6, 6.07) is 8.73. The Balaban J connectivity index is 2.11. The molecule has 0 saturated carbocycles. The number of piperidine rings is 1. The number of urea groups is 1. The summed E-state index contributed by atoms with van der Waals surface area (Å²) >= 11 is 0. The molecule has 0 unspecified atom stereocenters. The number of likely N-dealkylation sites (tertiary alicyclic amines) is 1. The van der Waals surface area contributed by atoms with Crippen LogP contribution in [0.25, 0.3) is 0 Å². The van der Waals surface area contributed by atoms with Crippen molar-refractivity contribution in [2.75, 3.05) is 19.5 Å². The van der Waals surface area contributed by atoms with Gasteiger partial charge in [-0.05, 0) is 31.2 Å². The van der Waals surface area contributed by atoms with E-state index in [4.69, 9.17) is 0 Å². The Morgan fingerprint density at radius 3 is 2.68 bits per heavy atom. The Labute approximate surface area is 148 Å². The number of alkyl halides is 1. The van der Waals surface area contributed by atoms with Crippen molar-refractivity contribution in [1.29, 1.82) is 0 Å². The number of sulfone groups is 1. The second kappa shape index (κ2) is 8.47. The van der Waals surface area contributed by atoms with E-state index in [1.165, 1.54) is 6.08 Å². The van der Waals surface area contributed by atoms with Crippen LogP contribution in [0.2, 0.25) is 0 Å². The average molecular weight is 368 g/mol. The van der Waals surface area contributed by atoms with Crippen molar-refractivity contribution in [3.05, 3.63) is 47.4 Å². The topological polar surface area (TPSA) is 66.5 Å². The van der Waals surface area contributed by atoms with E-state index in [9.17, 15) is 17.6 Å². The van der Waals surface area contributed by atoms with Crippen molar-refractivity contribution in [2.24, 2.45) is 5.92 Å². The third-order valence-corrected chi connectivity index (χ3v) is 4.99. The van der Waals surface area contributed by atoms with E-state index in [2.05, 4.69) is 5.32 Å². The van der Waals surface area contributed by atoms with Crippen molar-refractivity contribution in [3.8, 4) is 0 Å². The SMILES string of the molecule is C[C@@H](/C=C/S(C)(=O)=O)NC(=O)N1CC[C@@H](CF)C[C@H]1c1ccccc1. The average Bonchev–Trinajstić information content (AvgIpc) is 2.59. The smallest absolute Gasteiger partial charge is 0.318 e. The fourth-order valence-electron chi connectivity index (χ4n) is 3.00. The van der Waals surface area contributed by atoms with Gasteiger partial charge in [-0.2, -0.15) is 0 Å². The van der Waals surface area contributed by atoms with Crippen molar-refractivity contribution in [3.63, 3.8) is 0 Å². The first-order chi connectivity index (χ1) is 11.8. The minimum Gasteiger partial charge on any atom is -0.332 e. The van der Waals surface area contributed by atoms with Gasteiger partial charge in [-0.15, -0.1) is 0 Å². The quantitative estimate of drug-likeness (QED) is 0.869. The highest BCUT2D eigenvalue weighted by molar-refractivity contribution is 7.93. The molecule has 1 aromatic rings. The van der Waals surface area contributed by atoms with E-state index in [0.29, 0.717) is 19.4 Å². The molecule has 3 atom stereocenters. The molecule has 1 aliphatic rings. The summed E-state index contributed by atoms with van der Waals surface area (Å²) in [6.45, 7) is 1.81. The van der Waals surface area contributed by atoms with E-state index in [1.54, 1.807) is 11.8 Å². The van der Waals surface area contributed by atoms with Gasteiger partial charge in [0.1, 0.15) is 0 Å². The number of benzene rings is 1. The Hall–Kier alpha value is -1.89. The standard InChI is InChI=1S/C18H25FN2O3S/c1-14(9-11-25(2,23)24)20-18(22)21-10-8-15(13-19)12-17(21)16-6-4-3-5-7-16/h3-7,9,11,14-15,17H,8,10,12-13H2,1-2H3,(H,20,22)/b11-9+/t14-,15+,17-/m0/s1. The summed E-state index contributed by atoms with van der Waals surface area (Å²) in [5.74, 6) is -0.0446. The van der Waals surface area contributed by atoms with Gasteiger partial charge in [0.05, 0.1) is 12.7 Å². The lowest BCUT2D eigenvalue weighted by Gasteiger charge is -2.39.